The topological polar surface area (TPSA) is 41.6 Å². The van der Waals surface area contributed by atoms with Gasteiger partial charge in [0.25, 0.3) is 0 Å². The summed E-state index contributed by atoms with van der Waals surface area (Å²) in [6.45, 7) is 3.79. The molecule has 3 rings (SSSR count). The number of hydrogen-bond acceptors (Lipinski definition) is 3. The third kappa shape index (κ3) is 4.22. The lowest BCUT2D eigenvalue weighted by Gasteiger charge is -2.31. The summed E-state index contributed by atoms with van der Waals surface area (Å²) in [5.74, 6) is 0.0983. The number of carbonyl (C=O) groups is 1. The Morgan fingerprint density at radius 1 is 1.23 bits per heavy atom. The molecule has 0 unspecified atom stereocenters. The van der Waals surface area contributed by atoms with E-state index in [1.165, 1.54) is 0 Å². The van der Waals surface area contributed by atoms with E-state index in [0.29, 0.717) is 17.5 Å². The van der Waals surface area contributed by atoms with Crippen molar-refractivity contribution in [2.24, 2.45) is 0 Å². The van der Waals surface area contributed by atoms with Gasteiger partial charge in [-0.15, -0.1) is 0 Å². The first-order valence-electron chi connectivity index (χ1n) is 8.06. The second kappa shape index (κ2) is 7.44. The predicted octanol–water partition coefficient (Wildman–Crippen LogP) is 2.25. The molecule has 2 saturated heterocycles. The molecule has 22 heavy (non-hydrogen) atoms. The molecule has 120 valence electrons. The maximum atomic E-state index is 12.2. The zero-order valence-corrected chi connectivity index (χ0v) is 13.5. The van der Waals surface area contributed by atoms with Crippen LogP contribution in [0.3, 0.4) is 0 Å². The van der Waals surface area contributed by atoms with Gasteiger partial charge < -0.3 is 10.1 Å². The van der Waals surface area contributed by atoms with Gasteiger partial charge in [0, 0.05) is 43.4 Å². The highest BCUT2D eigenvalue weighted by molar-refractivity contribution is 6.30. The largest absolute Gasteiger partial charge is 0.381 e. The molecule has 1 N–H and O–H groups in total. The standard InChI is InChI=1S/C17H23ClN2O2/c18-14-3-1-13(2-4-14)11-17(21)19-15-5-8-20(12-15)16-6-9-22-10-7-16/h1-4,15-16H,5-12H2,(H,19,21)/t15-/m0/s1. The molecule has 1 aromatic rings. The number of nitrogens with one attached hydrogen (secondary N) is 1. The van der Waals surface area contributed by atoms with Crippen LogP contribution in [0.5, 0.6) is 0 Å². The van der Waals surface area contributed by atoms with Crippen molar-refractivity contribution in [3.8, 4) is 0 Å². The van der Waals surface area contributed by atoms with Crippen molar-refractivity contribution in [3.63, 3.8) is 0 Å². The molecule has 2 aliphatic rings. The van der Waals surface area contributed by atoms with Crippen LogP contribution in [-0.4, -0.2) is 49.2 Å². The minimum Gasteiger partial charge on any atom is -0.381 e. The van der Waals surface area contributed by atoms with Crippen LogP contribution in [0.25, 0.3) is 0 Å². The zero-order chi connectivity index (χ0) is 15.4. The Morgan fingerprint density at radius 3 is 2.68 bits per heavy atom. The van der Waals surface area contributed by atoms with Crippen molar-refractivity contribution < 1.29 is 9.53 Å². The average molecular weight is 323 g/mol. The number of halogens is 1. The Morgan fingerprint density at radius 2 is 1.95 bits per heavy atom. The lowest BCUT2D eigenvalue weighted by atomic mass is 10.1. The second-order valence-corrected chi connectivity index (χ2v) is 6.63. The van der Waals surface area contributed by atoms with E-state index in [4.69, 9.17) is 16.3 Å². The Kier molecular flexibility index (Phi) is 5.34. The fourth-order valence-electron chi connectivity index (χ4n) is 3.35. The number of carbonyl (C=O) groups excluding carboxylic acids is 1. The first kappa shape index (κ1) is 15.8. The minimum absolute atomic E-state index is 0.0983. The average Bonchev–Trinajstić information content (AvgIpc) is 2.99. The lowest BCUT2D eigenvalue weighted by Crippen LogP contribution is -2.42. The lowest BCUT2D eigenvalue weighted by molar-refractivity contribution is -0.121. The third-order valence-electron chi connectivity index (χ3n) is 4.57. The smallest absolute Gasteiger partial charge is 0.224 e. The molecule has 5 heteroatoms. The molecular formula is C17H23ClN2O2. The van der Waals surface area contributed by atoms with Gasteiger partial charge in [0.2, 0.25) is 5.91 Å². The molecule has 0 bridgehead atoms. The number of benzene rings is 1. The normalized spacial score (nSPS) is 23.6. The van der Waals surface area contributed by atoms with Crippen molar-refractivity contribution in [1.29, 1.82) is 0 Å². The van der Waals surface area contributed by atoms with Gasteiger partial charge in [-0.1, -0.05) is 23.7 Å². The van der Waals surface area contributed by atoms with E-state index in [0.717, 1.165) is 51.1 Å². The summed E-state index contributed by atoms with van der Waals surface area (Å²) in [5.41, 5.74) is 1.00. The highest BCUT2D eigenvalue weighted by Gasteiger charge is 2.29. The monoisotopic (exact) mass is 322 g/mol. The first-order chi connectivity index (χ1) is 10.7. The maximum Gasteiger partial charge on any atom is 0.224 e. The number of likely N-dealkylation sites (tertiary alicyclic amines) is 1. The van der Waals surface area contributed by atoms with Crippen LogP contribution in [-0.2, 0) is 16.0 Å². The van der Waals surface area contributed by atoms with Crippen LogP contribution in [0, 0.1) is 0 Å². The summed E-state index contributed by atoms with van der Waals surface area (Å²) in [5, 5.41) is 3.87. The fraction of sp³-hybridized carbons (Fsp3) is 0.588. The van der Waals surface area contributed by atoms with Crippen molar-refractivity contribution in [3.05, 3.63) is 34.9 Å². The van der Waals surface area contributed by atoms with Gasteiger partial charge >= 0.3 is 0 Å². The molecule has 0 aliphatic carbocycles. The molecule has 2 fully saturated rings. The molecule has 2 aliphatic heterocycles. The Balaban J connectivity index is 1.45. The predicted molar refractivity (Wildman–Crippen MR) is 87.1 cm³/mol. The zero-order valence-electron chi connectivity index (χ0n) is 12.8. The highest BCUT2D eigenvalue weighted by atomic mass is 35.5. The summed E-state index contributed by atoms with van der Waals surface area (Å²) in [4.78, 5) is 14.7. The van der Waals surface area contributed by atoms with Crippen molar-refractivity contribution in [2.45, 2.75) is 37.8 Å². The summed E-state index contributed by atoms with van der Waals surface area (Å²) in [7, 11) is 0. The SMILES string of the molecule is O=C(Cc1ccc(Cl)cc1)N[C@H]1CCN(C2CCOCC2)C1. The van der Waals surface area contributed by atoms with E-state index in [-0.39, 0.29) is 11.9 Å². The number of hydrogen-bond donors (Lipinski definition) is 1. The van der Waals surface area contributed by atoms with E-state index in [2.05, 4.69) is 10.2 Å². The Labute approximate surface area is 136 Å². The first-order valence-corrected chi connectivity index (χ1v) is 8.44. The van der Waals surface area contributed by atoms with Gasteiger partial charge in [0.1, 0.15) is 0 Å². The van der Waals surface area contributed by atoms with Crippen molar-refractivity contribution in [1.82, 2.24) is 10.2 Å². The number of rotatable bonds is 4. The second-order valence-electron chi connectivity index (χ2n) is 6.19. The molecule has 1 atom stereocenters. The van der Waals surface area contributed by atoms with Crippen LogP contribution < -0.4 is 5.32 Å². The van der Waals surface area contributed by atoms with Crippen LogP contribution in [0.2, 0.25) is 5.02 Å². The fourth-order valence-corrected chi connectivity index (χ4v) is 3.48. The van der Waals surface area contributed by atoms with Crippen LogP contribution in [0.4, 0.5) is 0 Å². The third-order valence-corrected chi connectivity index (χ3v) is 4.82. The van der Waals surface area contributed by atoms with Crippen molar-refractivity contribution in [2.75, 3.05) is 26.3 Å². The molecule has 0 aromatic heterocycles. The number of nitrogens with zero attached hydrogens (tertiary/aromatic N) is 1. The van der Waals surface area contributed by atoms with Gasteiger partial charge in [-0.2, -0.15) is 0 Å². The van der Waals surface area contributed by atoms with Gasteiger partial charge in [-0.3, -0.25) is 9.69 Å². The van der Waals surface area contributed by atoms with Gasteiger partial charge in [-0.25, -0.2) is 0 Å². The van der Waals surface area contributed by atoms with E-state index < -0.39 is 0 Å². The molecule has 0 saturated carbocycles. The van der Waals surface area contributed by atoms with E-state index in [1.54, 1.807) is 0 Å². The number of ether oxygens (including phenoxy) is 1. The molecule has 1 aromatic carbocycles. The molecule has 2 heterocycles. The van der Waals surface area contributed by atoms with E-state index in [9.17, 15) is 4.79 Å². The molecule has 0 spiro atoms. The highest BCUT2D eigenvalue weighted by Crippen LogP contribution is 2.20. The quantitative estimate of drug-likeness (QED) is 0.924. The summed E-state index contributed by atoms with van der Waals surface area (Å²) < 4.78 is 5.42. The van der Waals surface area contributed by atoms with Crippen LogP contribution in [0.1, 0.15) is 24.8 Å². The summed E-state index contributed by atoms with van der Waals surface area (Å²) >= 11 is 5.86. The number of amides is 1. The Bertz CT molecular complexity index is 500. The van der Waals surface area contributed by atoms with E-state index >= 15 is 0 Å². The van der Waals surface area contributed by atoms with Gasteiger partial charge in [0.15, 0.2) is 0 Å². The van der Waals surface area contributed by atoms with Gasteiger partial charge in [0.05, 0.1) is 6.42 Å². The van der Waals surface area contributed by atoms with Crippen molar-refractivity contribution >= 4 is 17.5 Å². The summed E-state index contributed by atoms with van der Waals surface area (Å²) in [6.07, 6.45) is 3.70. The van der Waals surface area contributed by atoms with Crippen LogP contribution in [0.15, 0.2) is 24.3 Å². The molecule has 1 amide bonds. The van der Waals surface area contributed by atoms with Gasteiger partial charge in [-0.05, 0) is 37.0 Å². The molecule has 0 radical (unpaired) electrons. The molecular weight excluding hydrogens is 300 g/mol. The summed E-state index contributed by atoms with van der Waals surface area (Å²) in [6, 6.07) is 8.38. The maximum absolute atomic E-state index is 12.2. The Hall–Kier alpha value is -1.10. The minimum atomic E-state index is 0.0983. The van der Waals surface area contributed by atoms with E-state index in [1.807, 2.05) is 24.3 Å². The van der Waals surface area contributed by atoms with Crippen LogP contribution >= 0.6 is 11.6 Å². The molecule has 4 nitrogen and oxygen atoms in total.